The highest BCUT2D eigenvalue weighted by Gasteiger charge is 2.12. The molecular weight excluding hydrogens is 184 g/mol. The molecule has 0 aliphatic carbocycles. The van der Waals surface area contributed by atoms with Crippen LogP contribution in [-0.2, 0) is 6.42 Å². The average Bonchev–Trinajstić information content (AvgIpc) is 2.17. The second-order valence-corrected chi connectivity index (χ2v) is 2.83. The summed E-state index contributed by atoms with van der Waals surface area (Å²) in [4.78, 5) is 10.1. The number of benzene rings is 1. The summed E-state index contributed by atoms with van der Waals surface area (Å²) in [5.74, 6) is 0. The van der Waals surface area contributed by atoms with E-state index in [0.717, 1.165) is 5.56 Å². The van der Waals surface area contributed by atoms with Crippen molar-refractivity contribution >= 4 is 11.4 Å². The van der Waals surface area contributed by atoms with Gasteiger partial charge >= 0.3 is 0 Å². The van der Waals surface area contributed by atoms with Crippen LogP contribution in [0, 0.1) is 10.1 Å². The number of rotatable bonds is 4. The van der Waals surface area contributed by atoms with Crippen LogP contribution >= 0.6 is 0 Å². The number of nitro groups is 1. The highest BCUT2D eigenvalue weighted by atomic mass is 16.6. The van der Waals surface area contributed by atoms with Gasteiger partial charge in [-0.2, -0.15) is 0 Å². The molecule has 0 aliphatic heterocycles. The van der Waals surface area contributed by atoms with Crippen molar-refractivity contribution in [2.75, 3.05) is 19.0 Å². The van der Waals surface area contributed by atoms with Crippen molar-refractivity contribution < 1.29 is 10.0 Å². The lowest BCUT2D eigenvalue weighted by atomic mass is 10.1. The number of aliphatic hydroxyl groups is 1. The SMILES string of the molecule is CNc1cc(CCO)ccc1[N+](=O)[O-]. The standard InChI is InChI=1S/C9H12N2O3/c1-10-8-6-7(4-5-12)2-3-9(8)11(13)14/h2-3,6,10,12H,4-5H2,1H3. The van der Waals surface area contributed by atoms with E-state index in [1.807, 2.05) is 0 Å². The number of hydrogen-bond donors (Lipinski definition) is 2. The Morgan fingerprint density at radius 1 is 1.57 bits per heavy atom. The van der Waals surface area contributed by atoms with Crippen molar-refractivity contribution in [3.8, 4) is 0 Å². The fourth-order valence-electron chi connectivity index (χ4n) is 1.23. The molecular formula is C9H12N2O3. The minimum absolute atomic E-state index is 0.0426. The smallest absolute Gasteiger partial charge is 0.292 e. The Morgan fingerprint density at radius 3 is 2.79 bits per heavy atom. The third-order valence-electron chi connectivity index (χ3n) is 1.93. The maximum absolute atomic E-state index is 10.6. The van der Waals surface area contributed by atoms with Crippen LogP contribution in [0.15, 0.2) is 18.2 Å². The summed E-state index contributed by atoms with van der Waals surface area (Å²) in [7, 11) is 1.63. The molecule has 0 radical (unpaired) electrons. The molecule has 0 aliphatic rings. The lowest BCUT2D eigenvalue weighted by Crippen LogP contribution is -1.98. The van der Waals surface area contributed by atoms with E-state index in [0.29, 0.717) is 12.1 Å². The van der Waals surface area contributed by atoms with Gasteiger partial charge in [0.2, 0.25) is 0 Å². The first kappa shape index (κ1) is 10.5. The molecule has 0 aromatic heterocycles. The summed E-state index contributed by atoms with van der Waals surface area (Å²) in [6.45, 7) is 0.0426. The van der Waals surface area contributed by atoms with Crippen molar-refractivity contribution in [2.24, 2.45) is 0 Å². The number of nitro benzene ring substituents is 1. The van der Waals surface area contributed by atoms with Crippen LogP contribution in [0.3, 0.4) is 0 Å². The highest BCUT2D eigenvalue weighted by molar-refractivity contribution is 5.62. The zero-order chi connectivity index (χ0) is 10.6. The predicted molar refractivity (Wildman–Crippen MR) is 53.4 cm³/mol. The summed E-state index contributed by atoms with van der Waals surface area (Å²) in [5.41, 5.74) is 1.40. The van der Waals surface area contributed by atoms with Gasteiger partial charge in [0, 0.05) is 19.7 Å². The van der Waals surface area contributed by atoms with E-state index in [-0.39, 0.29) is 12.3 Å². The molecule has 0 fully saturated rings. The molecule has 0 saturated carbocycles. The van der Waals surface area contributed by atoms with Crippen LogP contribution in [0.25, 0.3) is 0 Å². The first-order valence-corrected chi connectivity index (χ1v) is 4.25. The molecule has 0 bridgehead atoms. The Balaban J connectivity index is 3.05. The van der Waals surface area contributed by atoms with Crippen LogP contribution in [0.5, 0.6) is 0 Å². The van der Waals surface area contributed by atoms with Gasteiger partial charge in [0.1, 0.15) is 5.69 Å². The minimum atomic E-state index is -0.436. The Hall–Kier alpha value is -1.62. The van der Waals surface area contributed by atoms with E-state index in [1.165, 1.54) is 6.07 Å². The van der Waals surface area contributed by atoms with E-state index < -0.39 is 4.92 Å². The number of hydrogen-bond acceptors (Lipinski definition) is 4. The summed E-state index contributed by atoms with van der Waals surface area (Å²) in [6, 6.07) is 4.76. The predicted octanol–water partition coefficient (Wildman–Crippen LogP) is 1.17. The lowest BCUT2D eigenvalue weighted by Gasteiger charge is -2.04. The number of nitrogens with zero attached hydrogens (tertiary/aromatic N) is 1. The van der Waals surface area contributed by atoms with Gasteiger partial charge in [-0.3, -0.25) is 10.1 Å². The number of nitrogens with one attached hydrogen (secondary N) is 1. The van der Waals surface area contributed by atoms with Crippen molar-refractivity contribution in [2.45, 2.75) is 6.42 Å². The Morgan fingerprint density at radius 2 is 2.29 bits per heavy atom. The number of aliphatic hydroxyl groups excluding tert-OH is 1. The zero-order valence-corrected chi connectivity index (χ0v) is 7.86. The van der Waals surface area contributed by atoms with Crippen LogP contribution in [0.1, 0.15) is 5.56 Å². The quantitative estimate of drug-likeness (QED) is 0.560. The molecule has 1 aromatic carbocycles. The van der Waals surface area contributed by atoms with Crippen molar-refractivity contribution in [3.05, 3.63) is 33.9 Å². The van der Waals surface area contributed by atoms with Gasteiger partial charge in [-0.15, -0.1) is 0 Å². The van der Waals surface area contributed by atoms with Gasteiger partial charge in [-0.05, 0) is 18.1 Å². The second kappa shape index (κ2) is 4.57. The van der Waals surface area contributed by atoms with Gasteiger partial charge < -0.3 is 10.4 Å². The maximum atomic E-state index is 10.6. The molecule has 1 aromatic rings. The first-order chi connectivity index (χ1) is 6.69. The van der Waals surface area contributed by atoms with E-state index in [9.17, 15) is 10.1 Å². The normalized spacial score (nSPS) is 9.86. The molecule has 0 heterocycles. The van der Waals surface area contributed by atoms with Crippen LogP contribution in [0.4, 0.5) is 11.4 Å². The molecule has 0 saturated heterocycles. The van der Waals surface area contributed by atoms with E-state index in [1.54, 1.807) is 19.2 Å². The van der Waals surface area contributed by atoms with Crippen LogP contribution < -0.4 is 5.32 Å². The first-order valence-electron chi connectivity index (χ1n) is 4.25. The molecule has 0 unspecified atom stereocenters. The molecule has 1 rings (SSSR count). The Bertz CT molecular complexity index is 339. The molecule has 5 heteroatoms. The summed E-state index contributed by atoms with van der Waals surface area (Å²) in [6.07, 6.45) is 0.507. The molecule has 14 heavy (non-hydrogen) atoms. The van der Waals surface area contributed by atoms with Crippen LogP contribution in [-0.4, -0.2) is 23.7 Å². The maximum Gasteiger partial charge on any atom is 0.292 e. The summed E-state index contributed by atoms with van der Waals surface area (Å²) < 4.78 is 0. The van der Waals surface area contributed by atoms with Gasteiger partial charge in [0.25, 0.3) is 5.69 Å². The summed E-state index contributed by atoms with van der Waals surface area (Å²) >= 11 is 0. The largest absolute Gasteiger partial charge is 0.396 e. The average molecular weight is 196 g/mol. The number of anilines is 1. The molecule has 0 spiro atoms. The van der Waals surface area contributed by atoms with Crippen molar-refractivity contribution in [1.82, 2.24) is 0 Å². The van der Waals surface area contributed by atoms with Gasteiger partial charge in [0.05, 0.1) is 4.92 Å². The molecule has 0 atom stereocenters. The highest BCUT2D eigenvalue weighted by Crippen LogP contribution is 2.24. The monoisotopic (exact) mass is 196 g/mol. The van der Waals surface area contributed by atoms with E-state index in [2.05, 4.69) is 5.32 Å². The Kier molecular flexibility index (Phi) is 3.41. The second-order valence-electron chi connectivity index (χ2n) is 2.83. The van der Waals surface area contributed by atoms with E-state index in [4.69, 9.17) is 5.11 Å². The minimum Gasteiger partial charge on any atom is -0.396 e. The topological polar surface area (TPSA) is 75.4 Å². The van der Waals surface area contributed by atoms with Crippen LogP contribution in [0.2, 0.25) is 0 Å². The fraction of sp³-hybridized carbons (Fsp3) is 0.333. The molecule has 2 N–H and O–H groups in total. The van der Waals surface area contributed by atoms with Gasteiger partial charge in [-0.25, -0.2) is 0 Å². The van der Waals surface area contributed by atoms with Crippen molar-refractivity contribution in [3.63, 3.8) is 0 Å². The lowest BCUT2D eigenvalue weighted by molar-refractivity contribution is -0.383. The van der Waals surface area contributed by atoms with Gasteiger partial charge in [0.15, 0.2) is 0 Å². The Labute approximate surface area is 81.5 Å². The fourth-order valence-corrected chi connectivity index (χ4v) is 1.23. The van der Waals surface area contributed by atoms with Crippen molar-refractivity contribution in [1.29, 1.82) is 0 Å². The molecule has 5 nitrogen and oxygen atoms in total. The van der Waals surface area contributed by atoms with Gasteiger partial charge in [-0.1, -0.05) is 6.07 Å². The molecule has 0 amide bonds. The van der Waals surface area contributed by atoms with E-state index >= 15 is 0 Å². The third-order valence-corrected chi connectivity index (χ3v) is 1.93. The molecule has 76 valence electrons. The third kappa shape index (κ3) is 2.20. The summed E-state index contributed by atoms with van der Waals surface area (Å²) in [5, 5.41) is 22.0. The zero-order valence-electron chi connectivity index (χ0n) is 7.86.